The van der Waals surface area contributed by atoms with Crippen LogP contribution in [0.25, 0.3) is 6.08 Å². The molecule has 194 valence electrons. The van der Waals surface area contributed by atoms with Gasteiger partial charge < -0.3 is 14.1 Å². The molecule has 2 aromatic rings. The van der Waals surface area contributed by atoms with Crippen LogP contribution in [0.1, 0.15) is 74.9 Å². The Bertz CT molecular complexity index is 1090. The highest BCUT2D eigenvalue weighted by atomic mass is 19.2. The summed E-state index contributed by atoms with van der Waals surface area (Å²) in [5.41, 5.74) is 5.23. The van der Waals surface area contributed by atoms with E-state index >= 15 is 0 Å². The van der Waals surface area contributed by atoms with Crippen LogP contribution in [-0.2, 0) is 4.74 Å². The quantitative estimate of drug-likeness (QED) is 0.267. The van der Waals surface area contributed by atoms with Gasteiger partial charge in [0.2, 0.25) is 0 Å². The fourth-order valence-corrected chi connectivity index (χ4v) is 4.63. The lowest BCUT2D eigenvalue weighted by molar-refractivity contribution is 0.158. The van der Waals surface area contributed by atoms with E-state index in [9.17, 15) is 8.63 Å². The number of allylic oxidation sites excluding steroid dienone is 1. The summed E-state index contributed by atoms with van der Waals surface area (Å²) in [7, 11) is 1.39. The summed E-state index contributed by atoms with van der Waals surface area (Å²) < 4.78 is 35.2. The number of aromatic nitrogens is 1. The van der Waals surface area contributed by atoms with Gasteiger partial charge in [0.1, 0.15) is 11.5 Å². The van der Waals surface area contributed by atoms with Crippen LogP contribution in [0.5, 0.6) is 0 Å². The Morgan fingerprint density at radius 2 is 1.69 bits per heavy atom. The van der Waals surface area contributed by atoms with Gasteiger partial charge in [0.25, 0.3) is 0 Å². The summed E-state index contributed by atoms with van der Waals surface area (Å²) in [5.74, 6) is 1.13. The first-order chi connectivity index (χ1) is 17.2. The number of benzene rings is 1. The lowest BCUT2D eigenvalue weighted by Gasteiger charge is -2.18. The highest BCUT2D eigenvalue weighted by molar-refractivity contribution is 6.41. The lowest BCUT2D eigenvalue weighted by Crippen LogP contribution is -2.16. The molecule has 4 nitrogen and oxygen atoms in total. The van der Waals surface area contributed by atoms with E-state index in [0.29, 0.717) is 35.4 Å². The monoisotopic (exact) mass is 495 g/mol. The second-order valence-electron chi connectivity index (χ2n) is 9.94. The number of nitrogens with zero attached hydrogens (tertiary/aromatic N) is 3. The van der Waals surface area contributed by atoms with Crippen LogP contribution in [0.4, 0.5) is 14.3 Å². The molecule has 36 heavy (non-hydrogen) atoms. The van der Waals surface area contributed by atoms with Gasteiger partial charge in [-0.3, -0.25) is 8.63 Å². The van der Waals surface area contributed by atoms with Crippen molar-refractivity contribution in [3.05, 3.63) is 70.4 Å². The highest BCUT2D eigenvalue weighted by Gasteiger charge is 2.25. The zero-order valence-corrected chi connectivity index (χ0v) is 22.7. The molecule has 0 saturated heterocycles. The molecule has 1 aromatic carbocycles. The maximum Gasteiger partial charge on any atom is 0.677 e. The summed E-state index contributed by atoms with van der Waals surface area (Å²) in [4.78, 5) is 6.90. The van der Waals surface area contributed by atoms with Gasteiger partial charge in [0.15, 0.2) is 0 Å². The first-order valence-corrected chi connectivity index (χ1v) is 13.1. The minimum atomic E-state index is -2.62. The van der Waals surface area contributed by atoms with Gasteiger partial charge >= 0.3 is 7.40 Å². The molecule has 0 fully saturated rings. The Hall–Kier alpha value is -2.83. The Kier molecular flexibility index (Phi) is 9.97. The van der Waals surface area contributed by atoms with Gasteiger partial charge in [-0.15, -0.1) is 0 Å². The van der Waals surface area contributed by atoms with Crippen LogP contribution in [0.15, 0.2) is 52.9 Å². The summed E-state index contributed by atoms with van der Waals surface area (Å²) in [6, 6.07) is 9.96. The molecule has 7 heteroatoms. The number of aryl methyl sites for hydroxylation is 2. The fraction of sp³-hybridized carbons (Fsp3) is 0.483. The molecule has 0 saturated carbocycles. The van der Waals surface area contributed by atoms with Crippen LogP contribution in [0.3, 0.4) is 0 Å². The molecule has 0 atom stereocenters. The summed E-state index contributed by atoms with van der Waals surface area (Å²) in [6.07, 6.45) is 10.6. The molecule has 0 N–H and O–H groups in total. The number of aliphatic imine (C=N–C) groups is 1. The van der Waals surface area contributed by atoms with Crippen LogP contribution in [-0.4, -0.2) is 38.3 Å². The van der Waals surface area contributed by atoms with E-state index in [-0.39, 0.29) is 0 Å². The SMILES string of the molecule is CCCCC(CCCC)COC1=CC(c2ccc(N(C)C)cc2)=N/C1=C\c1c(C)cc(C)n1B(F)F. The molecule has 0 unspecified atom stereocenters. The maximum absolute atomic E-state index is 13.9. The van der Waals surface area contributed by atoms with Crippen LogP contribution >= 0.6 is 0 Å². The fourth-order valence-electron chi connectivity index (χ4n) is 4.63. The Morgan fingerprint density at radius 1 is 1.06 bits per heavy atom. The smallest absolute Gasteiger partial charge is 0.491 e. The minimum absolute atomic E-state index is 0.466. The molecule has 1 aromatic heterocycles. The van der Waals surface area contributed by atoms with E-state index in [0.717, 1.165) is 52.7 Å². The zero-order valence-electron chi connectivity index (χ0n) is 22.7. The van der Waals surface area contributed by atoms with Crippen LogP contribution < -0.4 is 4.90 Å². The van der Waals surface area contributed by atoms with Crippen molar-refractivity contribution in [2.75, 3.05) is 25.6 Å². The molecule has 0 amide bonds. The topological polar surface area (TPSA) is 29.8 Å². The van der Waals surface area contributed by atoms with Gasteiger partial charge in [-0.25, -0.2) is 4.99 Å². The number of unbranched alkanes of at least 4 members (excludes halogenated alkanes) is 2. The average molecular weight is 495 g/mol. The first kappa shape index (κ1) is 27.8. The van der Waals surface area contributed by atoms with Crippen molar-refractivity contribution < 1.29 is 13.4 Å². The third-order valence-corrected chi connectivity index (χ3v) is 6.78. The molecule has 2 heterocycles. The largest absolute Gasteiger partial charge is 0.677 e. The molecule has 0 spiro atoms. The summed E-state index contributed by atoms with van der Waals surface area (Å²) >= 11 is 0. The number of hydrogen-bond acceptors (Lipinski definition) is 3. The van der Waals surface area contributed by atoms with Crippen molar-refractivity contribution in [3.8, 4) is 0 Å². The van der Waals surface area contributed by atoms with E-state index in [2.05, 4.69) is 26.0 Å². The molecule has 1 aliphatic rings. The number of ether oxygens (including phenoxy) is 1. The van der Waals surface area contributed by atoms with Crippen molar-refractivity contribution in [1.82, 2.24) is 4.48 Å². The van der Waals surface area contributed by atoms with Crippen molar-refractivity contribution in [1.29, 1.82) is 0 Å². The maximum atomic E-state index is 13.9. The predicted octanol–water partition coefficient (Wildman–Crippen LogP) is 7.68. The van der Waals surface area contributed by atoms with E-state index in [1.54, 1.807) is 19.1 Å². The van der Waals surface area contributed by atoms with Gasteiger partial charge in [-0.1, -0.05) is 51.7 Å². The average Bonchev–Trinajstić information content (AvgIpc) is 3.38. The molecule has 1 aliphatic heterocycles. The van der Waals surface area contributed by atoms with E-state index in [1.807, 2.05) is 44.1 Å². The first-order valence-electron chi connectivity index (χ1n) is 13.1. The third-order valence-electron chi connectivity index (χ3n) is 6.78. The summed E-state index contributed by atoms with van der Waals surface area (Å²) in [6.45, 7) is 8.59. The standard InChI is InChI=1S/C29H40BF2N3O/c1-7-9-11-23(12-10-8-2)20-36-29-19-26(24-13-15-25(16-14-24)34(5)6)33-27(29)18-28-21(3)17-22(4)35(28)30(31)32/h13-19,23H,7-12,20H2,1-6H3/b27-18-. The molecular weight excluding hydrogens is 455 g/mol. The van der Waals surface area contributed by atoms with E-state index < -0.39 is 7.40 Å². The van der Waals surface area contributed by atoms with Gasteiger partial charge in [-0.2, -0.15) is 0 Å². The van der Waals surface area contributed by atoms with Crippen LogP contribution in [0.2, 0.25) is 0 Å². The number of rotatable bonds is 13. The highest BCUT2D eigenvalue weighted by Crippen LogP contribution is 2.30. The van der Waals surface area contributed by atoms with Crippen molar-refractivity contribution in [2.24, 2.45) is 10.9 Å². The lowest BCUT2D eigenvalue weighted by atomic mass is 9.97. The Labute approximate surface area is 216 Å². The normalized spacial score (nSPS) is 14.4. The summed E-state index contributed by atoms with van der Waals surface area (Å²) in [5, 5.41) is 0. The van der Waals surface area contributed by atoms with Crippen molar-refractivity contribution in [2.45, 2.75) is 66.2 Å². The third kappa shape index (κ3) is 6.89. The molecule has 0 radical (unpaired) electrons. The van der Waals surface area contributed by atoms with Crippen molar-refractivity contribution in [3.63, 3.8) is 0 Å². The second-order valence-corrected chi connectivity index (χ2v) is 9.94. The Balaban J connectivity index is 1.95. The number of halogens is 2. The molecule has 0 aliphatic carbocycles. The van der Waals surface area contributed by atoms with Gasteiger partial charge in [0.05, 0.1) is 12.3 Å². The predicted molar refractivity (Wildman–Crippen MR) is 149 cm³/mol. The van der Waals surface area contributed by atoms with Crippen LogP contribution in [0, 0.1) is 19.8 Å². The molecular formula is C29H40BF2N3O. The zero-order chi connectivity index (χ0) is 26.2. The van der Waals surface area contributed by atoms with Gasteiger partial charge in [0, 0.05) is 42.8 Å². The number of hydrogen-bond donors (Lipinski definition) is 0. The van der Waals surface area contributed by atoms with Gasteiger partial charge in [-0.05, 0) is 62.4 Å². The minimum Gasteiger partial charge on any atom is -0.491 e. The number of anilines is 1. The van der Waals surface area contributed by atoms with E-state index in [4.69, 9.17) is 9.73 Å². The van der Waals surface area contributed by atoms with E-state index in [1.165, 1.54) is 12.8 Å². The molecule has 3 rings (SSSR count). The Morgan fingerprint density at radius 3 is 2.25 bits per heavy atom. The second kappa shape index (κ2) is 12.9. The molecule has 0 bridgehead atoms. The van der Waals surface area contributed by atoms with Crippen molar-refractivity contribution >= 4 is 24.9 Å².